The zero-order valence-electron chi connectivity index (χ0n) is 15.8. The molecule has 4 rings (SSSR count). The van der Waals surface area contributed by atoms with Gasteiger partial charge in [0, 0.05) is 55.4 Å². The van der Waals surface area contributed by atoms with Gasteiger partial charge in [0.15, 0.2) is 5.78 Å². The van der Waals surface area contributed by atoms with Crippen molar-refractivity contribution >= 4 is 22.4 Å². The van der Waals surface area contributed by atoms with Gasteiger partial charge in [0.1, 0.15) is 5.82 Å². The molecule has 0 aliphatic carbocycles. The number of para-hydroxylation sites is 2. The van der Waals surface area contributed by atoms with Gasteiger partial charge in [-0.05, 0) is 25.1 Å². The summed E-state index contributed by atoms with van der Waals surface area (Å²) in [5, 5.41) is 1.02. The molecule has 1 fully saturated rings. The fraction of sp³-hybridized carbons (Fsp3) is 0.318. The molecule has 1 aliphatic rings. The van der Waals surface area contributed by atoms with E-state index in [2.05, 4.69) is 14.4 Å². The van der Waals surface area contributed by atoms with Crippen molar-refractivity contribution in [3.8, 4) is 0 Å². The Morgan fingerprint density at radius 1 is 1.00 bits per heavy atom. The molecular formula is C22H24FN3O. The normalized spacial score (nSPS) is 15.4. The van der Waals surface area contributed by atoms with Gasteiger partial charge < -0.3 is 9.47 Å². The van der Waals surface area contributed by atoms with E-state index in [0.29, 0.717) is 12.2 Å². The number of fused-ring (bicyclic) bond motifs is 1. The van der Waals surface area contributed by atoms with Crippen LogP contribution < -0.4 is 4.90 Å². The largest absolute Gasteiger partial charge is 0.367 e. The Balaban J connectivity index is 1.46. The second-order valence-electron chi connectivity index (χ2n) is 7.17. The van der Waals surface area contributed by atoms with Crippen LogP contribution in [0.1, 0.15) is 16.1 Å². The van der Waals surface area contributed by atoms with Gasteiger partial charge >= 0.3 is 0 Å². The molecule has 140 valence electrons. The smallest absolute Gasteiger partial charge is 0.179 e. The Morgan fingerprint density at radius 2 is 1.67 bits per heavy atom. The summed E-state index contributed by atoms with van der Waals surface area (Å²) in [5.41, 5.74) is 3.56. The number of hydrogen-bond donors (Lipinski definition) is 0. The topological polar surface area (TPSA) is 28.5 Å². The third-order valence-electron chi connectivity index (χ3n) is 5.61. The molecule has 0 spiro atoms. The van der Waals surface area contributed by atoms with Crippen molar-refractivity contribution in [2.24, 2.45) is 7.05 Å². The maximum Gasteiger partial charge on any atom is 0.179 e. The number of Topliss-reactive ketones (excluding diaryl/α,β-unsaturated/α-hetero) is 1. The predicted molar refractivity (Wildman–Crippen MR) is 107 cm³/mol. The number of benzene rings is 2. The third kappa shape index (κ3) is 3.23. The number of halogens is 1. The number of carbonyl (C=O) groups excluding carboxylic acids is 1. The highest BCUT2D eigenvalue weighted by Gasteiger charge is 2.24. The van der Waals surface area contributed by atoms with Gasteiger partial charge in [-0.2, -0.15) is 0 Å². The lowest BCUT2D eigenvalue weighted by atomic mass is 10.1. The van der Waals surface area contributed by atoms with Crippen LogP contribution in [0, 0.1) is 12.7 Å². The lowest BCUT2D eigenvalue weighted by Gasteiger charge is -2.35. The Labute approximate surface area is 158 Å². The van der Waals surface area contributed by atoms with Crippen LogP contribution in [0.2, 0.25) is 0 Å². The molecule has 27 heavy (non-hydrogen) atoms. The van der Waals surface area contributed by atoms with E-state index < -0.39 is 0 Å². The number of ketones is 1. The van der Waals surface area contributed by atoms with Crippen LogP contribution >= 0.6 is 0 Å². The lowest BCUT2D eigenvalue weighted by Crippen LogP contribution is -2.48. The highest BCUT2D eigenvalue weighted by molar-refractivity contribution is 6.10. The SMILES string of the molecule is Cc1c(C(=O)CN2CCN(c3ccccc3F)CC2)c2ccccc2n1C. The molecule has 0 saturated carbocycles. The predicted octanol–water partition coefficient (Wildman–Crippen LogP) is 3.63. The van der Waals surface area contributed by atoms with Crippen LogP contribution in [0.3, 0.4) is 0 Å². The van der Waals surface area contributed by atoms with Crippen LogP contribution in [0.15, 0.2) is 48.5 Å². The second-order valence-corrected chi connectivity index (χ2v) is 7.17. The molecular weight excluding hydrogens is 341 g/mol. The highest BCUT2D eigenvalue weighted by Crippen LogP contribution is 2.26. The molecule has 1 aliphatic heterocycles. The summed E-state index contributed by atoms with van der Waals surface area (Å²) in [4.78, 5) is 17.3. The molecule has 5 heteroatoms. The summed E-state index contributed by atoms with van der Waals surface area (Å²) in [6, 6.07) is 14.9. The lowest BCUT2D eigenvalue weighted by molar-refractivity contribution is 0.0927. The van der Waals surface area contributed by atoms with Crippen molar-refractivity contribution in [1.82, 2.24) is 9.47 Å². The fourth-order valence-electron chi connectivity index (χ4n) is 4.01. The number of anilines is 1. The number of hydrogen-bond acceptors (Lipinski definition) is 3. The van der Waals surface area contributed by atoms with E-state index in [1.807, 2.05) is 50.4 Å². The molecule has 0 N–H and O–H groups in total. The van der Waals surface area contributed by atoms with Gasteiger partial charge in [-0.25, -0.2) is 4.39 Å². The standard InChI is InChI=1S/C22H24FN3O/c1-16-22(17-7-3-5-9-19(17)24(16)2)21(27)15-25-11-13-26(14-12-25)20-10-6-4-8-18(20)23/h3-10H,11-15H2,1-2H3. The van der Waals surface area contributed by atoms with Gasteiger partial charge in [0.05, 0.1) is 12.2 Å². The van der Waals surface area contributed by atoms with Gasteiger partial charge in [0.25, 0.3) is 0 Å². The van der Waals surface area contributed by atoms with E-state index >= 15 is 0 Å². The molecule has 2 heterocycles. The maximum absolute atomic E-state index is 14.0. The van der Waals surface area contributed by atoms with Crippen molar-refractivity contribution < 1.29 is 9.18 Å². The quantitative estimate of drug-likeness (QED) is 0.661. The third-order valence-corrected chi connectivity index (χ3v) is 5.61. The molecule has 1 aromatic heterocycles. The van der Waals surface area contributed by atoms with Crippen LogP contribution in [0.25, 0.3) is 10.9 Å². The van der Waals surface area contributed by atoms with Crippen molar-refractivity contribution in [3.63, 3.8) is 0 Å². The van der Waals surface area contributed by atoms with Crippen LogP contribution in [-0.4, -0.2) is 48.0 Å². The van der Waals surface area contributed by atoms with E-state index in [9.17, 15) is 9.18 Å². The first-order valence-electron chi connectivity index (χ1n) is 9.35. The first-order chi connectivity index (χ1) is 13.1. The number of rotatable bonds is 4. The summed E-state index contributed by atoms with van der Waals surface area (Å²) in [7, 11) is 2.00. The summed E-state index contributed by atoms with van der Waals surface area (Å²) in [5.74, 6) is -0.0305. The van der Waals surface area contributed by atoms with E-state index in [1.54, 1.807) is 6.07 Å². The average molecular weight is 365 g/mol. The summed E-state index contributed by atoms with van der Waals surface area (Å²) in [6.45, 7) is 5.36. The van der Waals surface area contributed by atoms with E-state index in [4.69, 9.17) is 0 Å². The monoisotopic (exact) mass is 365 g/mol. The number of piperazine rings is 1. The van der Waals surface area contributed by atoms with Crippen LogP contribution in [-0.2, 0) is 7.05 Å². The number of nitrogens with zero attached hydrogens (tertiary/aromatic N) is 3. The van der Waals surface area contributed by atoms with Crippen LogP contribution in [0.4, 0.5) is 10.1 Å². The summed E-state index contributed by atoms with van der Waals surface area (Å²) >= 11 is 0. The number of aryl methyl sites for hydroxylation is 1. The van der Waals surface area contributed by atoms with Gasteiger partial charge in [-0.3, -0.25) is 9.69 Å². The second kappa shape index (κ2) is 7.16. The van der Waals surface area contributed by atoms with Crippen molar-refractivity contribution in [3.05, 3.63) is 65.6 Å². The number of carbonyl (C=O) groups is 1. The zero-order valence-corrected chi connectivity index (χ0v) is 15.8. The fourth-order valence-corrected chi connectivity index (χ4v) is 4.01. The minimum Gasteiger partial charge on any atom is -0.367 e. The van der Waals surface area contributed by atoms with E-state index in [0.717, 1.165) is 48.3 Å². The van der Waals surface area contributed by atoms with E-state index in [1.165, 1.54) is 6.07 Å². The minimum absolute atomic E-state index is 0.156. The first kappa shape index (κ1) is 17.7. The first-order valence-corrected chi connectivity index (χ1v) is 9.35. The molecule has 2 aromatic carbocycles. The van der Waals surface area contributed by atoms with Crippen LogP contribution in [0.5, 0.6) is 0 Å². The Morgan fingerprint density at radius 3 is 2.41 bits per heavy atom. The Hall–Kier alpha value is -2.66. The molecule has 3 aromatic rings. The zero-order chi connectivity index (χ0) is 19.0. The Bertz CT molecular complexity index is 986. The molecule has 0 amide bonds. The van der Waals surface area contributed by atoms with E-state index in [-0.39, 0.29) is 11.6 Å². The molecule has 0 unspecified atom stereocenters. The highest BCUT2D eigenvalue weighted by atomic mass is 19.1. The van der Waals surface area contributed by atoms with Gasteiger partial charge in [-0.15, -0.1) is 0 Å². The molecule has 0 bridgehead atoms. The Kier molecular flexibility index (Phi) is 4.70. The number of aromatic nitrogens is 1. The van der Waals surface area contributed by atoms with Crippen molar-refractivity contribution in [1.29, 1.82) is 0 Å². The molecule has 0 radical (unpaired) electrons. The summed E-state index contributed by atoms with van der Waals surface area (Å²) < 4.78 is 16.1. The molecule has 0 atom stereocenters. The van der Waals surface area contributed by atoms with Gasteiger partial charge in [0.2, 0.25) is 0 Å². The van der Waals surface area contributed by atoms with Crippen molar-refractivity contribution in [2.75, 3.05) is 37.6 Å². The van der Waals surface area contributed by atoms with Crippen molar-refractivity contribution in [2.45, 2.75) is 6.92 Å². The molecule has 4 nitrogen and oxygen atoms in total. The average Bonchev–Trinajstić information content (AvgIpc) is 2.94. The summed E-state index contributed by atoms with van der Waals surface area (Å²) in [6.07, 6.45) is 0. The minimum atomic E-state index is -0.187. The van der Waals surface area contributed by atoms with Gasteiger partial charge in [-0.1, -0.05) is 30.3 Å². The molecule has 1 saturated heterocycles. The maximum atomic E-state index is 14.0.